The Morgan fingerprint density at radius 1 is 0.844 bits per heavy atom. The number of carbonyl (C=O) groups is 1. The van der Waals surface area contributed by atoms with Crippen molar-refractivity contribution in [2.45, 2.75) is 6.54 Å². The molecule has 0 saturated heterocycles. The van der Waals surface area contributed by atoms with Crippen molar-refractivity contribution < 1.29 is 14.3 Å². The molecule has 1 aromatic heterocycles. The Labute approximate surface area is 186 Å². The molecule has 32 heavy (non-hydrogen) atoms. The zero-order chi connectivity index (χ0) is 21.8. The third kappa shape index (κ3) is 4.30. The molecule has 0 radical (unpaired) electrons. The normalized spacial score (nSPS) is 13.1. The smallest absolute Gasteiger partial charge is 0.258 e. The number of fused-ring (bicyclic) bond motifs is 1. The van der Waals surface area contributed by atoms with Gasteiger partial charge in [0.1, 0.15) is 29.7 Å². The summed E-state index contributed by atoms with van der Waals surface area (Å²) in [7, 11) is 0. The van der Waals surface area contributed by atoms with Gasteiger partial charge in [0.05, 0.1) is 18.7 Å². The highest BCUT2D eigenvalue weighted by Crippen LogP contribution is 2.32. The molecule has 0 unspecified atom stereocenters. The molecule has 0 spiro atoms. The third-order valence-corrected chi connectivity index (χ3v) is 5.21. The van der Waals surface area contributed by atoms with Crippen LogP contribution in [0, 0.1) is 0 Å². The van der Waals surface area contributed by atoms with Gasteiger partial charge in [-0.15, -0.1) is 0 Å². The lowest BCUT2D eigenvalue weighted by Gasteiger charge is -2.19. The zero-order valence-electron chi connectivity index (χ0n) is 17.3. The number of hydrogen-bond acceptors (Lipinski definition) is 5. The summed E-state index contributed by atoms with van der Waals surface area (Å²) in [6.07, 6.45) is 3.36. The summed E-state index contributed by atoms with van der Waals surface area (Å²) >= 11 is 0. The van der Waals surface area contributed by atoms with E-state index in [-0.39, 0.29) is 5.91 Å². The van der Waals surface area contributed by atoms with Crippen LogP contribution >= 0.6 is 0 Å². The summed E-state index contributed by atoms with van der Waals surface area (Å²) in [6, 6.07) is 24.9. The maximum absolute atomic E-state index is 13.3. The molecule has 2 heterocycles. The molecule has 0 aliphatic carbocycles. The third-order valence-electron chi connectivity index (χ3n) is 5.21. The Bertz CT molecular complexity index is 1230. The molecule has 5 rings (SSSR count). The highest BCUT2D eigenvalue weighted by atomic mass is 16.5. The van der Waals surface area contributed by atoms with Crippen LogP contribution in [0.1, 0.15) is 16.2 Å². The first-order valence-corrected chi connectivity index (χ1v) is 10.4. The second kappa shape index (κ2) is 8.89. The number of aromatic nitrogens is 2. The van der Waals surface area contributed by atoms with Gasteiger partial charge in [0.2, 0.25) is 0 Å². The molecular formula is C26H21N3O3. The zero-order valence-corrected chi connectivity index (χ0v) is 17.3. The van der Waals surface area contributed by atoms with Crippen molar-refractivity contribution in [3.05, 3.63) is 103 Å². The molecule has 6 heteroatoms. The number of carbonyl (C=O) groups excluding carboxylic acids is 1. The summed E-state index contributed by atoms with van der Waals surface area (Å²) in [6.45, 7) is 1.24. The van der Waals surface area contributed by atoms with Crippen molar-refractivity contribution in [1.82, 2.24) is 14.9 Å². The van der Waals surface area contributed by atoms with E-state index in [1.54, 1.807) is 23.4 Å². The maximum atomic E-state index is 13.3. The Kier molecular flexibility index (Phi) is 5.49. The number of hydrogen-bond donors (Lipinski definition) is 0. The predicted molar refractivity (Wildman–Crippen MR) is 121 cm³/mol. The Morgan fingerprint density at radius 2 is 1.62 bits per heavy atom. The average molecular weight is 423 g/mol. The molecule has 0 saturated carbocycles. The lowest BCUT2D eigenvalue weighted by Crippen LogP contribution is -2.32. The first-order chi connectivity index (χ1) is 15.8. The minimum absolute atomic E-state index is 0.0940. The highest BCUT2D eigenvalue weighted by Gasteiger charge is 2.25. The van der Waals surface area contributed by atoms with Gasteiger partial charge in [-0.25, -0.2) is 9.97 Å². The second-order valence-electron chi connectivity index (χ2n) is 7.39. The van der Waals surface area contributed by atoms with Crippen LogP contribution in [0.2, 0.25) is 0 Å². The van der Waals surface area contributed by atoms with E-state index < -0.39 is 0 Å². The standard InChI is InChI=1S/C26H21N3O3/c30-26-23-17-20(19-6-4-9-22(16-19)32-21-7-2-1-3-8-21)10-11-24(23)31-15-14-29(26)18-25-27-12-5-13-28-25/h1-13,16-17H,14-15,18H2. The molecule has 3 aromatic carbocycles. The van der Waals surface area contributed by atoms with Crippen molar-refractivity contribution >= 4 is 5.91 Å². The van der Waals surface area contributed by atoms with E-state index in [0.717, 1.165) is 22.6 Å². The van der Waals surface area contributed by atoms with Gasteiger partial charge in [-0.1, -0.05) is 36.4 Å². The van der Waals surface area contributed by atoms with E-state index in [0.29, 0.717) is 36.8 Å². The average Bonchev–Trinajstić information content (AvgIpc) is 2.99. The monoisotopic (exact) mass is 423 g/mol. The quantitative estimate of drug-likeness (QED) is 0.453. The molecule has 0 fully saturated rings. The molecule has 1 aliphatic heterocycles. The van der Waals surface area contributed by atoms with E-state index in [1.165, 1.54) is 0 Å². The van der Waals surface area contributed by atoms with Crippen LogP contribution in [-0.2, 0) is 6.54 Å². The topological polar surface area (TPSA) is 64.6 Å². The fourth-order valence-electron chi connectivity index (χ4n) is 3.64. The molecule has 4 aromatic rings. The first kappa shape index (κ1) is 19.8. The van der Waals surface area contributed by atoms with Crippen LogP contribution in [0.3, 0.4) is 0 Å². The van der Waals surface area contributed by atoms with Gasteiger partial charge in [0, 0.05) is 12.4 Å². The number of para-hydroxylation sites is 1. The number of rotatable bonds is 5. The molecule has 158 valence electrons. The number of benzene rings is 3. The van der Waals surface area contributed by atoms with Gasteiger partial charge in [0.25, 0.3) is 5.91 Å². The van der Waals surface area contributed by atoms with Crippen LogP contribution in [0.25, 0.3) is 11.1 Å². The van der Waals surface area contributed by atoms with Crippen LogP contribution in [0.4, 0.5) is 0 Å². The van der Waals surface area contributed by atoms with Gasteiger partial charge >= 0.3 is 0 Å². The minimum atomic E-state index is -0.0940. The van der Waals surface area contributed by atoms with Crippen molar-refractivity contribution in [3.63, 3.8) is 0 Å². The number of ether oxygens (including phenoxy) is 2. The summed E-state index contributed by atoms with van der Waals surface area (Å²) < 4.78 is 11.8. The van der Waals surface area contributed by atoms with Crippen molar-refractivity contribution in [2.75, 3.05) is 13.2 Å². The molecule has 0 atom stereocenters. The van der Waals surface area contributed by atoms with E-state index in [4.69, 9.17) is 9.47 Å². The van der Waals surface area contributed by atoms with E-state index in [9.17, 15) is 4.79 Å². The fraction of sp³-hybridized carbons (Fsp3) is 0.115. The van der Waals surface area contributed by atoms with Crippen molar-refractivity contribution in [3.8, 4) is 28.4 Å². The van der Waals surface area contributed by atoms with Crippen LogP contribution in [0.5, 0.6) is 17.2 Å². The van der Waals surface area contributed by atoms with E-state index >= 15 is 0 Å². The molecule has 0 N–H and O–H groups in total. The summed E-state index contributed by atoms with van der Waals surface area (Å²) in [5, 5.41) is 0. The molecule has 6 nitrogen and oxygen atoms in total. The molecular weight excluding hydrogens is 402 g/mol. The number of amides is 1. The van der Waals surface area contributed by atoms with Gasteiger partial charge < -0.3 is 14.4 Å². The number of nitrogens with zero attached hydrogens (tertiary/aromatic N) is 3. The van der Waals surface area contributed by atoms with Crippen LogP contribution in [-0.4, -0.2) is 33.9 Å². The molecule has 1 amide bonds. The summed E-state index contributed by atoms with van der Waals surface area (Å²) in [5.74, 6) is 2.60. The summed E-state index contributed by atoms with van der Waals surface area (Å²) in [4.78, 5) is 23.5. The van der Waals surface area contributed by atoms with Gasteiger partial charge in [-0.05, 0) is 53.6 Å². The largest absolute Gasteiger partial charge is 0.491 e. The fourth-order valence-corrected chi connectivity index (χ4v) is 3.64. The SMILES string of the molecule is O=C1c2cc(-c3cccc(Oc4ccccc4)c3)ccc2OCCN1Cc1ncccn1. The van der Waals surface area contributed by atoms with E-state index in [1.807, 2.05) is 72.8 Å². The molecule has 0 bridgehead atoms. The Hall–Kier alpha value is -4.19. The van der Waals surface area contributed by atoms with Crippen LogP contribution in [0.15, 0.2) is 91.3 Å². The van der Waals surface area contributed by atoms with E-state index in [2.05, 4.69) is 9.97 Å². The Balaban J connectivity index is 1.42. The second-order valence-corrected chi connectivity index (χ2v) is 7.39. The van der Waals surface area contributed by atoms with Crippen LogP contribution < -0.4 is 9.47 Å². The highest BCUT2D eigenvalue weighted by molar-refractivity contribution is 5.98. The summed E-state index contributed by atoms with van der Waals surface area (Å²) in [5.41, 5.74) is 2.40. The Morgan fingerprint density at radius 3 is 2.47 bits per heavy atom. The van der Waals surface area contributed by atoms with Gasteiger partial charge in [-0.2, -0.15) is 0 Å². The van der Waals surface area contributed by atoms with Crippen molar-refractivity contribution in [1.29, 1.82) is 0 Å². The van der Waals surface area contributed by atoms with Gasteiger partial charge in [0.15, 0.2) is 0 Å². The lowest BCUT2D eigenvalue weighted by atomic mass is 10.0. The predicted octanol–water partition coefficient (Wildman–Crippen LogP) is 4.97. The van der Waals surface area contributed by atoms with Gasteiger partial charge in [-0.3, -0.25) is 4.79 Å². The first-order valence-electron chi connectivity index (χ1n) is 10.4. The molecule has 1 aliphatic rings. The maximum Gasteiger partial charge on any atom is 0.258 e. The van der Waals surface area contributed by atoms with Crippen molar-refractivity contribution in [2.24, 2.45) is 0 Å². The lowest BCUT2D eigenvalue weighted by molar-refractivity contribution is 0.0738. The minimum Gasteiger partial charge on any atom is -0.491 e.